The van der Waals surface area contributed by atoms with Crippen LogP contribution < -0.4 is 10.5 Å². The van der Waals surface area contributed by atoms with Crippen molar-refractivity contribution in [2.24, 2.45) is 5.73 Å². The molecule has 0 aliphatic heterocycles. The van der Waals surface area contributed by atoms with Crippen molar-refractivity contribution in [3.63, 3.8) is 0 Å². The summed E-state index contributed by atoms with van der Waals surface area (Å²) >= 11 is 3.43. The Labute approximate surface area is 102 Å². The molecule has 16 heavy (non-hydrogen) atoms. The van der Waals surface area contributed by atoms with Crippen molar-refractivity contribution >= 4 is 15.9 Å². The highest BCUT2D eigenvalue weighted by atomic mass is 79.9. The Hall–Kier alpha value is -1.33. The minimum absolute atomic E-state index is 0.362. The van der Waals surface area contributed by atoms with Crippen LogP contribution in [0.25, 0.3) is 0 Å². The lowest BCUT2D eigenvalue weighted by Gasteiger charge is -2.07. The first-order valence-electron chi connectivity index (χ1n) is 4.80. The van der Waals surface area contributed by atoms with Gasteiger partial charge in [-0.15, -0.1) is 0 Å². The molecule has 2 aromatic rings. The quantitative estimate of drug-likeness (QED) is 0.936. The van der Waals surface area contributed by atoms with E-state index in [1.165, 1.54) is 0 Å². The van der Waals surface area contributed by atoms with Gasteiger partial charge in [-0.3, -0.25) is 0 Å². The molecule has 0 aliphatic rings. The van der Waals surface area contributed by atoms with Crippen LogP contribution in [0, 0.1) is 0 Å². The first-order chi connectivity index (χ1) is 7.79. The van der Waals surface area contributed by atoms with Gasteiger partial charge in [-0.2, -0.15) is 0 Å². The van der Waals surface area contributed by atoms with Crippen LogP contribution in [0.2, 0.25) is 0 Å². The molecule has 0 bridgehead atoms. The maximum absolute atomic E-state index is 5.56. The van der Waals surface area contributed by atoms with E-state index in [0.29, 0.717) is 18.9 Å². The van der Waals surface area contributed by atoms with Crippen LogP contribution in [0.4, 0.5) is 0 Å². The van der Waals surface area contributed by atoms with E-state index in [9.17, 15) is 0 Å². The Balaban J connectivity index is 2.04. The van der Waals surface area contributed by atoms with Crippen molar-refractivity contribution in [3.8, 4) is 5.75 Å². The molecule has 0 saturated heterocycles. The summed E-state index contributed by atoms with van der Waals surface area (Å²) in [6.45, 7) is 0.877. The molecular formula is C11H11BrN2O2. The molecule has 0 amide bonds. The third-order valence-electron chi connectivity index (χ3n) is 2.09. The average molecular weight is 283 g/mol. The van der Waals surface area contributed by atoms with Crippen LogP contribution in [-0.4, -0.2) is 5.16 Å². The summed E-state index contributed by atoms with van der Waals surface area (Å²) in [5, 5.41) is 3.60. The molecule has 1 aromatic heterocycles. The molecule has 84 valence electrons. The molecule has 5 heteroatoms. The van der Waals surface area contributed by atoms with E-state index in [1.54, 1.807) is 12.3 Å². The van der Waals surface area contributed by atoms with Gasteiger partial charge >= 0.3 is 0 Å². The van der Waals surface area contributed by atoms with Crippen molar-refractivity contribution in [1.29, 1.82) is 0 Å². The van der Waals surface area contributed by atoms with Crippen molar-refractivity contribution in [1.82, 2.24) is 5.16 Å². The summed E-state index contributed by atoms with van der Waals surface area (Å²) in [5.74, 6) is 1.45. The Morgan fingerprint density at radius 2 is 2.25 bits per heavy atom. The molecule has 0 spiro atoms. The lowest BCUT2D eigenvalue weighted by atomic mass is 10.2. The van der Waals surface area contributed by atoms with Crippen LogP contribution in [0.15, 0.2) is 39.5 Å². The van der Waals surface area contributed by atoms with E-state index < -0.39 is 0 Å². The van der Waals surface area contributed by atoms with E-state index in [-0.39, 0.29) is 0 Å². The van der Waals surface area contributed by atoms with E-state index in [2.05, 4.69) is 21.1 Å². The van der Waals surface area contributed by atoms with Gasteiger partial charge in [-0.1, -0.05) is 11.2 Å². The number of ether oxygens (including phenoxy) is 1. The summed E-state index contributed by atoms with van der Waals surface area (Å²) in [6, 6.07) is 7.51. The fraction of sp³-hybridized carbons (Fsp3) is 0.182. The Morgan fingerprint density at radius 3 is 2.88 bits per heavy atom. The highest BCUT2D eigenvalue weighted by molar-refractivity contribution is 9.10. The zero-order chi connectivity index (χ0) is 11.4. The van der Waals surface area contributed by atoms with Crippen LogP contribution in [0.5, 0.6) is 5.75 Å². The van der Waals surface area contributed by atoms with Gasteiger partial charge in [0.25, 0.3) is 0 Å². The minimum atomic E-state index is 0.362. The second-order valence-electron chi connectivity index (χ2n) is 3.24. The second-order valence-corrected chi connectivity index (χ2v) is 4.09. The number of nitrogens with two attached hydrogens (primary N) is 1. The van der Waals surface area contributed by atoms with Crippen LogP contribution in [0.3, 0.4) is 0 Å². The monoisotopic (exact) mass is 282 g/mol. The van der Waals surface area contributed by atoms with Gasteiger partial charge < -0.3 is 15.0 Å². The van der Waals surface area contributed by atoms with Gasteiger partial charge in [-0.25, -0.2) is 0 Å². The second kappa shape index (κ2) is 5.14. The molecule has 2 N–H and O–H groups in total. The number of hydrogen-bond acceptors (Lipinski definition) is 4. The number of aromatic nitrogens is 1. The zero-order valence-corrected chi connectivity index (χ0v) is 10.1. The Morgan fingerprint density at radius 1 is 1.38 bits per heavy atom. The lowest BCUT2D eigenvalue weighted by molar-refractivity contribution is 0.248. The summed E-state index contributed by atoms with van der Waals surface area (Å²) in [7, 11) is 0. The zero-order valence-electron chi connectivity index (χ0n) is 8.52. The van der Waals surface area contributed by atoms with Crippen molar-refractivity contribution in [3.05, 3.63) is 46.3 Å². The van der Waals surface area contributed by atoms with Crippen molar-refractivity contribution < 1.29 is 9.26 Å². The van der Waals surface area contributed by atoms with E-state index in [4.69, 9.17) is 15.0 Å². The Bertz CT molecular complexity index is 457. The summed E-state index contributed by atoms with van der Waals surface area (Å²) in [6.07, 6.45) is 1.59. The molecule has 2 rings (SSSR count). The fourth-order valence-electron chi connectivity index (χ4n) is 1.25. The van der Waals surface area contributed by atoms with E-state index in [0.717, 1.165) is 15.8 Å². The third kappa shape index (κ3) is 2.62. The molecule has 1 aromatic carbocycles. The Kier molecular flexibility index (Phi) is 3.58. The first-order valence-corrected chi connectivity index (χ1v) is 5.60. The van der Waals surface area contributed by atoms with Gasteiger partial charge in [0.15, 0.2) is 5.76 Å². The molecule has 0 fully saturated rings. The van der Waals surface area contributed by atoms with Crippen molar-refractivity contribution in [2.45, 2.75) is 13.2 Å². The molecule has 0 aliphatic carbocycles. The van der Waals surface area contributed by atoms with Crippen LogP contribution in [0.1, 0.15) is 11.3 Å². The molecule has 0 radical (unpaired) electrons. The number of halogens is 1. The normalized spacial score (nSPS) is 10.4. The number of nitrogens with zero attached hydrogens (tertiary/aromatic N) is 1. The van der Waals surface area contributed by atoms with Gasteiger partial charge in [0.05, 0.1) is 10.7 Å². The SMILES string of the molecule is NCc1ccc(OCc2ccno2)c(Br)c1. The summed E-state index contributed by atoms with van der Waals surface area (Å²) < 4.78 is 11.4. The van der Waals surface area contributed by atoms with Gasteiger partial charge in [0, 0.05) is 12.6 Å². The fourth-order valence-corrected chi connectivity index (χ4v) is 1.79. The van der Waals surface area contributed by atoms with Gasteiger partial charge in [0.2, 0.25) is 0 Å². The lowest BCUT2D eigenvalue weighted by Crippen LogP contribution is -1.98. The molecule has 0 unspecified atom stereocenters. The molecular weight excluding hydrogens is 272 g/mol. The highest BCUT2D eigenvalue weighted by Crippen LogP contribution is 2.26. The van der Waals surface area contributed by atoms with Gasteiger partial charge in [-0.05, 0) is 33.6 Å². The predicted molar refractivity (Wildman–Crippen MR) is 62.9 cm³/mol. The van der Waals surface area contributed by atoms with Crippen LogP contribution in [-0.2, 0) is 13.2 Å². The molecule has 0 atom stereocenters. The topological polar surface area (TPSA) is 61.3 Å². The average Bonchev–Trinajstić information content (AvgIpc) is 2.80. The first kappa shape index (κ1) is 11.2. The standard InChI is InChI=1S/C11H11BrN2O2/c12-10-5-8(6-13)1-2-11(10)15-7-9-3-4-14-16-9/h1-5H,6-7,13H2. The van der Waals surface area contributed by atoms with Gasteiger partial charge in [0.1, 0.15) is 12.4 Å². The molecule has 4 nitrogen and oxygen atoms in total. The molecule has 0 saturated carbocycles. The number of rotatable bonds is 4. The largest absolute Gasteiger partial charge is 0.484 e. The highest BCUT2D eigenvalue weighted by Gasteiger charge is 2.04. The van der Waals surface area contributed by atoms with E-state index in [1.807, 2.05) is 18.2 Å². The van der Waals surface area contributed by atoms with E-state index >= 15 is 0 Å². The third-order valence-corrected chi connectivity index (χ3v) is 2.71. The van der Waals surface area contributed by atoms with Crippen molar-refractivity contribution in [2.75, 3.05) is 0 Å². The number of hydrogen-bond donors (Lipinski definition) is 1. The summed E-state index contributed by atoms with van der Waals surface area (Å²) in [5.41, 5.74) is 6.59. The minimum Gasteiger partial charge on any atom is -0.484 e. The maximum atomic E-state index is 5.56. The number of benzene rings is 1. The predicted octanol–water partition coefficient (Wildman–Crippen LogP) is 2.47. The smallest absolute Gasteiger partial charge is 0.174 e. The summed E-state index contributed by atoms with van der Waals surface area (Å²) in [4.78, 5) is 0. The van der Waals surface area contributed by atoms with Crippen LogP contribution >= 0.6 is 15.9 Å². The maximum Gasteiger partial charge on any atom is 0.174 e. The molecule has 1 heterocycles.